The SMILES string of the molecule is CCN(Cc1cccs1)C(=O)c1cc([N+](=O)[O-])ccc1Br. The molecule has 1 amide bonds. The van der Waals surface area contributed by atoms with Crippen LogP contribution in [-0.2, 0) is 6.54 Å². The fourth-order valence-electron chi connectivity index (χ4n) is 1.88. The lowest BCUT2D eigenvalue weighted by molar-refractivity contribution is -0.384. The van der Waals surface area contributed by atoms with Crippen molar-refractivity contribution >= 4 is 38.9 Å². The van der Waals surface area contributed by atoms with Crippen LogP contribution in [0.1, 0.15) is 22.2 Å². The summed E-state index contributed by atoms with van der Waals surface area (Å²) in [5, 5.41) is 12.8. The summed E-state index contributed by atoms with van der Waals surface area (Å²) in [6, 6.07) is 8.11. The Bertz CT molecular complexity index is 658. The number of carbonyl (C=O) groups is 1. The van der Waals surface area contributed by atoms with E-state index in [4.69, 9.17) is 0 Å². The minimum atomic E-state index is -0.501. The summed E-state index contributed by atoms with van der Waals surface area (Å²) >= 11 is 4.87. The molecule has 1 aromatic heterocycles. The van der Waals surface area contributed by atoms with Gasteiger partial charge in [-0.3, -0.25) is 14.9 Å². The molecule has 0 bridgehead atoms. The number of rotatable bonds is 5. The first-order chi connectivity index (χ1) is 10.0. The van der Waals surface area contributed by atoms with Crippen molar-refractivity contribution < 1.29 is 9.72 Å². The average molecular weight is 369 g/mol. The van der Waals surface area contributed by atoms with Gasteiger partial charge in [0.2, 0.25) is 0 Å². The molecule has 5 nitrogen and oxygen atoms in total. The first-order valence-corrected chi connectivity index (χ1v) is 7.95. The highest BCUT2D eigenvalue weighted by atomic mass is 79.9. The van der Waals surface area contributed by atoms with Gasteiger partial charge in [0.25, 0.3) is 11.6 Å². The van der Waals surface area contributed by atoms with Crippen LogP contribution in [-0.4, -0.2) is 22.3 Å². The number of benzene rings is 1. The molecule has 0 spiro atoms. The second-order valence-corrected chi connectivity index (χ2v) is 6.21. The predicted molar refractivity (Wildman–Crippen MR) is 85.5 cm³/mol. The van der Waals surface area contributed by atoms with E-state index in [9.17, 15) is 14.9 Å². The summed E-state index contributed by atoms with van der Waals surface area (Å²) in [6.07, 6.45) is 0. The Hall–Kier alpha value is -1.73. The van der Waals surface area contributed by atoms with E-state index in [1.54, 1.807) is 16.2 Å². The van der Waals surface area contributed by atoms with Crippen LogP contribution < -0.4 is 0 Å². The zero-order chi connectivity index (χ0) is 15.4. The molecule has 0 radical (unpaired) electrons. The molecule has 0 saturated heterocycles. The molecular formula is C14H13BrN2O3S. The van der Waals surface area contributed by atoms with Gasteiger partial charge in [-0.05, 0) is 40.4 Å². The minimum absolute atomic E-state index is 0.0891. The van der Waals surface area contributed by atoms with Gasteiger partial charge in [0, 0.05) is 28.0 Å². The zero-order valence-electron chi connectivity index (χ0n) is 11.3. The van der Waals surface area contributed by atoms with E-state index in [1.807, 2.05) is 24.4 Å². The zero-order valence-corrected chi connectivity index (χ0v) is 13.7. The first-order valence-electron chi connectivity index (χ1n) is 6.28. The lowest BCUT2D eigenvalue weighted by Gasteiger charge is -2.20. The summed E-state index contributed by atoms with van der Waals surface area (Å²) in [6.45, 7) is 2.92. The number of nitrogens with zero attached hydrogens (tertiary/aromatic N) is 2. The Balaban J connectivity index is 2.28. The number of amides is 1. The molecule has 21 heavy (non-hydrogen) atoms. The first kappa shape index (κ1) is 15.7. The Morgan fingerprint density at radius 2 is 2.19 bits per heavy atom. The molecule has 0 aliphatic carbocycles. The van der Waals surface area contributed by atoms with Crippen LogP contribution >= 0.6 is 27.3 Å². The van der Waals surface area contributed by atoms with Crippen LogP contribution in [0.4, 0.5) is 5.69 Å². The third-order valence-electron chi connectivity index (χ3n) is 2.99. The molecule has 0 fully saturated rings. The van der Waals surface area contributed by atoms with E-state index in [1.165, 1.54) is 18.2 Å². The molecule has 0 unspecified atom stereocenters. The van der Waals surface area contributed by atoms with Gasteiger partial charge in [-0.15, -0.1) is 11.3 Å². The van der Waals surface area contributed by atoms with Crippen LogP contribution in [0, 0.1) is 10.1 Å². The van der Waals surface area contributed by atoms with Crippen molar-refractivity contribution in [2.24, 2.45) is 0 Å². The molecule has 0 atom stereocenters. The van der Waals surface area contributed by atoms with Crippen LogP contribution in [0.3, 0.4) is 0 Å². The van der Waals surface area contributed by atoms with Crippen LogP contribution in [0.5, 0.6) is 0 Å². The maximum Gasteiger partial charge on any atom is 0.270 e. The molecule has 2 rings (SSSR count). The van der Waals surface area contributed by atoms with E-state index >= 15 is 0 Å². The van der Waals surface area contributed by atoms with Gasteiger partial charge < -0.3 is 4.90 Å². The number of halogens is 1. The van der Waals surface area contributed by atoms with Gasteiger partial charge >= 0.3 is 0 Å². The van der Waals surface area contributed by atoms with Crippen molar-refractivity contribution in [1.82, 2.24) is 4.90 Å². The summed E-state index contributed by atoms with van der Waals surface area (Å²) < 4.78 is 0.558. The van der Waals surface area contributed by atoms with E-state index < -0.39 is 4.92 Å². The van der Waals surface area contributed by atoms with Crippen LogP contribution in [0.25, 0.3) is 0 Å². The van der Waals surface area contributed by atoms with E-state index in [2.05, 4.69) is 15.9 Å². The monoisotopic (exact) mass is 368 g/mol. The second kappa shape index (κ2) is 6.82. The lowest BCUT2D eigenvalue weighted by Crippen LogP contribution is -2.30. The van der Waals surface area contributed by atoms with Crippen LogP contribution in [0.2, 0.25) is 0 Å². The molecular weight excluding hydrogens is 356 g/mol. The van der Waals surface area contributed by atoms with Crippen molar-refractivity contribution in [3.8, 4) is 0 Å². The van der Waals surface area contributed by atoms with Crippen molar-refractivity contribution in [3.05, 3.63) is 60.7 Å². The maximum atomic E-state index is 12.6. The van der Waals surface area contributed by atoms with E-state index in [0.717, 1.165) is 4.88 Å². The van der Waals surface area contributed by atoms with Crippen molar-refractivity contribution in [2.45, 2.75) is 13.5 Å². The topological polar surface area (TPSA) is 63.5 Å². The quantitative estimate of drug-likeness (QED) is 0.589. The number of nitro groups is 1. The maximum absolute atomic E-state index is 12.6. The number of hydrogen-bond donors (Lipinski definition) is 0. The summed E-state index contributed by atoms with van der Waals surface area (Å²) in [4.78, 5) is 25.7. The molecule has 1 heterocycles. The fraction of sp³-hybridized carbons (Fsp3) is 0.214. The fourth-order valence-corrected chi connectivity index (χ4v) is 3.01. The molecule has 1 aromatic carbocycles. The van der Waals surface area contributed by atoms with Gasteiger partial charge in [0.05, 0.1) is 17.0 Å². The minimum Gasteiger partial charge on any atom is -0.334 e. The predicted octanol–water partition coefficient (Wildman–Crippen LogP) is 4.08. The molecule has 7 heteroatoms. The van der Waals surface area contributed by atoms with E-state index in [-0.39, 0.29) is 11.6 Å². The third-order valence-corrected chi connectivity index (χ3v) is 4.54. The van der Waals surface area contributed by atoms with Crippen molar-refractivity contribution in [2.75, 3.05) is 6.54 Å². The van der Waals surface area contributed by atoms with Gasteiger partial charge in [0.1, 0.15) is 0 Å². The molecule has 110 valence electrons. The van der Waals surface area contributed by atoms with Gasteiger partial charge in [-0.25, -0.2) is 0 Å². The summed E-state index contributed by atoms with van der Waals surface area (Å²) in [5.74, 6) is -0.221. The smallest absolute Gasteiger partial charge is 0.270 e. The number of nitro benzene ring substituents is 1. The molecule has 0 saturated carbocycles. The largest absolute Gasteiger partial charge is 0.334 e. The molecule has 0 aliphatic rings. The normalized spacial score (nSPS) is 10.4. The third kappa shape index (κ3) is 3.68. The highest BCUT2D eigenvalue weighted by molar-refractivity contribution is 9.10. The number of hydrogen-bond acceptors (Lipinski definition) is 4. The van der Waals surface area contributed by atoms with Gasteiger partial charge in [-0.1, -0.05) is 6.07 Å². The van der Waals surface area contributed by atoms with Gasteiger partial charge in [-0.2, -0.15) is 0 Å². The van der Waals surface area contributed by atoms with E-state index in [0.29, 0.717) is 23.1 Å². The number of non-ortho nitro benzene ring substituents is 1. The molecule has 0 aliphatic heterocycles. The number of carbonyl (C=O) groups excluding carboxylic acids is 1. The summed E-state index contributed by atoms with van der Waals surface area (Å²) in [7, 11) is 0. The van der Waals surface area contributed by atoms with Gasteiger partial charge in [0.15, 0.2) is 0 Å². The van der Waals surface area contributed by atoms with Crippen molar-refractivity contribution in [3.63, 3.8) is 0 Å². The Morgan fingerprint density at radius 3 is 2.76 bits per heavy atom. The average Bonchev–Trinajstić information content (AvgIpc) is 2.97. The number of thiophene rings is 1. The standard InChI is InChI=1S/C14H13BrN2O3S/c1-2-16(9-11-4-3-7-21-11)14(18)12-8-10(17(19)20)5-6-13(12)15/h3-8H,2,9H2,1H3. The summed E-state index contributed by atoms with van der Waals surface area (Å²) in [5.41, 5.74) is 0.219. The Kier molecular flexibility index (Phi) is 5.08. The Labute approximate surface area is 134 Å². The van der Waals surface area contributed by atoms with Crippen molar-refractivity contribution in [1.29, 1.82) is 0 Å². The Morgan fingerprint density at radius 1 is 1.43 bits per heavy atom. The molecule has 2 aromatic rings. The highest BCUT2D eigenvalue weighted by Gasteiger charge is 2.20. The van der Waals surface area contributed by atoms with Crippen LogP contribution in [0.15, 0.2) is 40.2 Å². The highest BCUT2D eigenvalue weighted by Crippen LogP contribution is 2.25. The lowest BCUT2D eigenvalue weighted by atomic mass is 10.1. The molecule has 0 N–H and O–H groups in total. The second-order valence-electron chi connectivity index (χ2n) is 4.32.